The number of rotatable bonds is 6. The Bertz CT molecular complexity index is 559. The number of benzene rings is 2. The van der Waals surface area contributed by atoms with Crippen LogP contribution in [0.2, 0.25) is 0 Å². The van der Waals surface area contributed by atoms with Crippen molar-refractivity contribution in [1.29, 1.82) is 0 Å². The van der Waals surface area contributed by atoms with Crippen molar-refractivity contribution < 1.29 is 14.3 Å². The molecular formula is C18H20O3. The highest BCUT2D eigenvalue weighted by molar-refractivity contribution is 5.90. The van der Waals surface area contributed by atoms with E-state index >= 15 is 0 Å². The summed E-state index contributed by atoms with van der Waals surface area (Å²) in [6, 6.07) is 17.5. The van der Waals surface area contributed by atoms with Gasteiger partial charge in [-0.05, 0) is 37.1 Å². The molecule has 0 spiro atoms. The molecule has 0 unspecified atom stereocenters. The molecule has 0 heterocycles. The van der Waals surface area contributed by atoms with Crippen LogP contribution >= 0.6 is 0 Å². The minimum absolute atomic E-state index is 0.147. The maximum absolute atomic E-state index is 11.9. The fourth-order valence-corrected chi connectivity index (χ4v) is 1.93. The van der Waals surface area contributed by atoms with E-state index in [1.54, 1.807) is 12.1 Å². The van der Waals surface area contributed by atoms with Gasteiger partial charge in [0.1, 0.15) is 6.61 Å². The van der Waals surface area contributed by atoms with Crippen molar-refractivity contribution in [3.63, 3.8) is 0 Å². The molecular weight excluding hydrogens is 264 g/mol. The van der Waals surface area contributed by atoms with Gasteiger partial charge in [0.05, 0.1) is 18.3 Å². The summed E-state index contributed by atoms with van der Waals surface area (Å²) in [4.78, 5) is 11.9. The zero-order valence-electron chi connectivity index (χ0n) is 12.4. The number of ether oxygens (including phenoxy) is 2. The summed E-state index contributed by atoms with van der Waals surface area (Å²) in [5, 5.41) is 0. The van der Waals surface area contributed by atoms with Crippen LogP contribution in [0.3, 0.4) is 0 Å². The lowest BCUT2D eigenvalue weighted by atomic mass is 10.0. The molecule has 0 aliphatic heterocycles. The van der Waals surface area contributed by atoms with E-state index in [0.717, 1.165) is 11.1 Å². The average Bonchev–Trinajstić information content (AvgIpc) is 2.52. The summed E-state index contributed by atoms with van der Waals surface area (Å²) in [6.07, 6.45) is 0.147. The molecule has 0 saturated heterocycles. The first-order valence-corrected chi connectivity index (χ1v) is 7.11. The Morgan fingerprint density at radius 3 is 2.14 bits per heavy atom. The van der Waals surface area contributed by atoms with Gasteiger partial charge < -0.3 is 9.47 Å². The minimum atomic E-state index is -0.318. The summed E-state index contributed by atoms with van der Waals surface area (Å²) in [7, 11) is 0. The smallest absolute Gasteiger partial charge is 0.338 e. The van der Waals surface area contributed by atoms with Gasteiger partial charge in [-0.25, -0.2) is 4.79 Å². The lowest BCUT2D eigenvalue weighted by Gasteiger charge is -2.08. The number of carbonyl (C=O) groups excluding carboxylic acids is 1. The van der Waals surface area contributed by atoms with Crippen LogP contribution in [0, 0.1) is 0 Å². The maximum atomic E-state index is 11.9. The van der Waals surface area contributed by atoms with E-state index in [4.69, 9.17) is 9.47 Å². The highest BCUT2D eigenvalue weighted by Gasteiger charge is 2.07. The zero-order valence-corrected chi connectivity index (χ0v) is 12.4. The van der Waals surface area contributed by atoms with Crippen LogP contribution < -0.4 is 0 Å². The van der Waals surface area contributed by atoms with E-state index in [-0.39, 0.29) is 18.7 Å². The summed E-state index contributed by atoms with van der Waals surface area (Å²) in [5.74, 6) is -0.318. The molecule has 0 saturated carbocycles. The second-order valence-corrected chi connectivity index (χ2v) is 5.00. The van der Waals surface area contributed by atoms with E-state index in [9.17, 15) is 4.79 Å². The molecule has 0 fully saturated rings. The van der Waals surface area contributed by atoms with Crippen LogP contribution in [-0.4, -0.2) is 25.3 Å². The van der Waals surface area contributed by atoms with Gasteiger partial charge in [0, 0.05) is 0 Å². The first kappa shape index (κ1) is 15.3. The van der Waals surface area contributed by atoms with E-state index in [1.807, 2.05) is 56.3 Å². The van der Waals surface area contributed by atoms with Crippen molar-refractivity contribution in [2.75, 3.05) is 13.2 Å². The number of hydrogen-bond acceptors (Lipinski definition) is 3. The SMILES string of the molecule is CC(C)OCCOC(=O)c1ccc(-c2ccccc2)cc1. The fourth-order valence-electron chi connectivity index (χ4n) is 1.93. The Balaban J connectivity index is 1.91. The summed E-state index contributed by atoms with van der Waals surface area (Å²) in [5.41, 5.74) is 2.76. The molecule has 2 aromatic carbocycles. The van der Waals surface area contributed by atoms with Gasteiger partial charge in [0.2, 0.25) is 0 Å². The number of hydrogen-bond donors (Lipinski definition) is 0. The molecule has 2 rings (SSSR count). The third kappa shape index (κ3) is 4.72. The molecule has 0 aromatic heterocycles. The third-order valence-corrected chi connectivity index (χ3v) is 3.00. The Labute approximate surface area is 125 Å². The summed E-state index contributed by atoms with van der Waals surface area (Å²) < 4.78 is 10.5. The highest BCUT2D eigenvalue weighted by Crippen LogP contribution is 2.19. The molecule has 0 aliphatic carbocycles. The fraction of sp³-hybridized carbons (Fsp3) is 0.278. The molecule has 0 aliphatic rings. The van der Waals surface area contributed by atoms with Crippen LogP contribution in [0.25, 0.3) is 11.1 Å². The Morgan fingerprint density at radius 2 is 1.52 bits per heavy atom. The maximum Gasteiger partial charge on any atom is 0.338 e. The predicted molar refractivity (Wildman–Crippen MR) is 83.2 cm³/mol. The van der Waals surface area contributed by atoms with Crippen LogP contribution in [0.5, 0.6) is 0 Å². The largest absolute Gasteiger partial charge is 0.460 e. The van der Waals surface area contributed by atoms with Gasteiger partial charge in [-0.3, -0.25) is 0 Å². The lowest BCUT2D eigenvalue weighted by Crippen LogP contribution is -2.13. The molecule has 3 nitrogen and oxygen atoms in total. The standard InChI is InChI=1S/C18H20O3/c1-14(2)20-12-13-21-18(19)17-10-8-16(9-11-17)15-6-4-3-5-7-15/h3-11,14H,12-13H2,1-2H3. The van der Waals surface area contributed by atoms with Gasteiger partial charge in [-0.15, -0.1) is 0 Å². The van der Waals surface area contributed by atoms with Gasteiger partial charge in [-0.1, -0.05) is 42.5 Å². The van der Waals surface area contributed by atoms with Gasteiger partial charge in [-0.2, -0.15) is 0 Å². The monoisotopic (exact) mass is 284 g/mol. The van der Waals surface area contributed by atoms with Gasteiger partial charge >= 0.3 is 5.97 Å². The van der Waals surface area contributed by atoms with Crippen molar-refractivity contribution in [3.8, 4) is 11.1 Å². The zero-order chi connectivity index (χ0) is 15.1. The van der Waals surface area contributed by atoms with Gasteiger partial charge in [0.15, 0.2) is 0 Å². The Kier molecular flexibility index (Phi) is 5.52. The molecule has 0 amide bonds. The van der Waals surface area contributed by atoms with Crippen LogP contribution in [-0.2, 0) is 9.47 Å². The van der Waals surface area contributed by atoms with E-state index in [0.29, 0.717) is 12.2 Å². The molecule has 0 N–H and O–H groups in total. The van der Waals surface area contributed by atoms with Crippen molar-refractivity contribution in [2.45, 2.75) is 20.0 Å². The second-order valence-electron chi connectivity index (χ2n) is 5.00. The minimum Gasteiger partial charge on any atom is -0.460 e. The van der Waals surface area contributed by atoms with Crippen LogP contribution in [0.1, 0.15) is 24.2 Å². The normalized spacial score (nSPS) is 10.6. The van der Waals surface area contributed by atoms with Crippen LogP contribution in [0.15, 0.2) is 54.6 Å². The lowest BCUT2D eigenvalue weighted by molar-refractivity contribution is 0.0177. The van der Waals surface area contributed by atoms with Gasteiger partial charge in [0.25, 0.3) is 0 Å². The van der Waals surface area contributed by atoms with E-state index in [1.165, 1.54) is 0 Å². The first-order chi connectivity index (χ1) is 10.2. The molecule has 0 radical (unpaired) electrons. The molecule has 0 bridgehead atoms. The Hall–Kier alpha value is -2.13. The Morgan fingerprint density at radius 1 is 0.905 bits per heavy atom. The van der Waals surface area contributed by atoms with Crippen molar-refractivity contribution in [1.82, 2.24) is 0 Å². The highest BCUT2D eigenvalue weighted by atomic mass is 16.6. The average molecular weight is 284 g/mol. The molecule has 3 heteroatoms. The molecule has 0 atom stereocenters. The quantitative estimate of drug-likeness (QED) is 0.595. The van der Waals surface area contributed by atoms with Crippen molar-refractivity contribution in [3.05, 3.63) is 60.2 Å². The molecule has 110 valence electrons. The van der Waals surface area contributed by atoms with Crippen molar-refractivity contribution >= 4 is 5.97 Å². The van der Waals surface area contributed by atoms with Crippen molar-refractivity contribution in [2.24, 2.45) is 0 Å². The molecule has 2 aromatic rings. The number of esters is 1. The predicted octanol–water partition coefficient (Wildman–Crippen LogP) is 3.94. The van der Waals surface area contributed by atoms with Crippen LogP contribution in [0.4, 0.5) is 0 Å². The summed E-state index contributed by atoms with van der Waals surface area (Å²) in [6.45, 7) is 4.59. The third-order valence-electron chi connectivity index (χ3n) is 3.00. The number of carbonyl (C=O) groups is 1. The van der Waals surface area contributed by atoms with E-state index in [2.05, 4.69) is 0 Å². The van der Waals surface area contributed by atoms with E-state index < -0.39 is 0 Å². The molecule has 21 heavy (non-hydrogen) atoms. The first-order valence-electron chi connectivity index (χ1n) is 7.11. The summed E-state index contributed by atoms with van der Waals surface area (Å²) >= 11 is 0. The topological polar surface area (TPSA) is 35.5 Å². The second kappa shape index (κ2) is 7.60.